The third-order valence-corrected chi connectivity index (χ3v) is 5.71. The van der Waals surface area contributed by atoms with Gasteiger partial charge >= 0.3 is 0 Å². The smallest absolute Gasteiger partial charge is 0.252 e. The van der Waals surface area contributed by atoms with Gasteiger partial charge in [-0.1, -0.05) is 11.6 Å². The van der Waals surface area contributed by atoms with Crippen LogP contribution in [-0.4, -0.2) is 33.9 Å². The number of fused-ring (bicyclic) bond motifs is 2. The van der Waals surface area contributed by atoms with Gasteiger partial charge in [-0.3, -0.25) is 4.79 Å². The fraction of sp³-hybridized carbons (Fsp3) is 0.409. The van der Waals surface area contributed by atoms with Crippen molar-refractivity contribution in [1.29, 1.82) is 0 Å². The molecule has 2 aromatic heterocycles. The first-order valence-corrected chi connectivity index (χ1v) is 10.6. The molecule has 1 fully saturated rings. The number of halogens is 1. The first kappa shape index (κ1) is 19.2. The van der Waals surface area contributed by atoms with E-state index in [0.717, 1.165) is 35.1 Å². The van der Waals surface area contributed by atoms with Crippen LogP contribution in [0, 0.1) is 0 Å². The second kappa shape index (κ2) is 7.47. The summed E-state index contributed by atoms with van der Waals surface area (Å²) in [5.74, 6) is 1.45. The second-order valence-corrected chi connectivity index (χ2v) is 8.48. The monoisotopic (exact) mass is 426 g/mol. The summed E-state index contributed by atoms with van der Waals surface area (Å²) in [6.45, 7) is 5.41. The minimum Gasteiger partial charge on any atom is -0.486 e. The van der Waals surface area contributed by atoms with Crippen LogP contribution < -0.4 is 14.8 Å². The summed E-state index contributed by atoms with van der Waals surface area (Å²) in [4.78, 5) is 17.9. The normalized spacial score (nSPS) is 15.6. The number of carbonyl (C=O) groups is 1. The maximum atomic E-state index is 13.1. The summed E-state index contributed by atoms with van der Waals surface area (Å²) in [7, 11) is 0. The van der Waals surface area contributed by atoms with Crippen LogP contribution >= 0.6 is 11.6 Å². The molecule has 0 unspecified atom stereocenters. The van der Waals surface area contributed by atoms with Crippen LogP contribution in [0.2, 0.25) is 5.02 Å². The van der Waals surface area contributed by atoms with Gasteiger partial charge in [-0.25, -0.2) is 9.67 Å². The van der Waals surface area contributed by atoms with Crippen molar-refractivity contribution < 1.29 is 14.3 Å². The standard InChI is InChI=1S/C22H23ClN4O3/c1-12(2)27-21-16(11-25-27)15(9-18(26-21)14-3-4-14)22(28)24-10-13-7-17(23)20-19(8-13)29-5-6-30-20/h7-9,11-12,14H,3-6,10H2,1-2H3,(H,24,28). The number of pyridine rings is 1. The Morgan fingerprint density at radius 1 is 1.27 bits per heavy atom. The maximum absolute atomic E-state index is 13.1. The van der Waals surface area contributed by atoms with Crippen molar-refractivity contribution in [3.05, 3.63) is 46.2 Å². The zero-order valence-electron chi connectivity index (χ0n) is 16.9. The Morgan fingerprint density at radius 2 is 2.07 bits per heavy atom. The van der Waals surface area contributed by atoms with Crippen molar-refractivity contribution >= 4 is 28.5 Å². The van der Waals surface area contributed by atoms with Crippen LogP contribution in [0.4, 0.5) is 0 Å². The largest absolute Gasteiger partial charge is 0.486 e. The van der Waals surface area contributed by atoms with Gasteiger partial charge in [0.15, 0.2) is 17.1 Å². The number of hydrogen-bond acceptors (Lipinski definition) is 5. The maximum Gasteiger partial charge on any atom is 0.252 e. The molecule has 3 aromatic rings. The molecule has 30 heavy (non-hydrogen) atoms. The van der Waals surface area contributed by atoms with Gasteiger partial charge in [0.05, 0.1) is 22.2 Å². The van der Waals surface area contributed by atoms with Crippen LogP contribution in [-0.2, 0) is 6.54 Å². The van der Waals surface area contributed by atoms with Gasteiger partial charge in [-0.2, -0.15) is 5.10 Å². The van der Waals surface area contributed by atoms with E-state index >= 15 is 0 Å². The summed E-state index contributed by atoms with van der Waals surface area (Å²) >= 11 is 6.32. The Labute approximate surface area is 179 Å². The lowest BCUT2D eigenvalue weighted by Gasteiger charge is -2.20. The van der Waals surface area contributed by atoms with E-state index in [2.05, 4.69) is 24.3 Å². The van der Waals surface area contributed by atoms with Crippen LogP contribution in [0.3, 0.4) is 0 Å². The summed E-state index contributed by atoms with van der Waals surface area (Å²) < 4.78 is 13.1. The lowest BCUT2D eigenvalue weighted by atomic mass is 10.1. The molecule has 7 nitrogen and oxygen atoms in total. The third-order valence-electron chi connectivity index (χ3n) is 5.43. The molecular formula is C22H23ClN4O3. The molecular weight excluding hydrogens is 404 g/mol. The Morgan fingerprint density at radius 3 is 2.83 bits per heavy atom. The van der Waals surface area contributed by atoms with Crippen molar-refractivity contribution in [3.63, 3.8) is 0 Å². The highest BCUT2D eigenvalue weighted by atomic mass is 35.5. The van der Waals surface area contributed by atoms with E-state index < -0.39 is 0 Å². The average Bonchev–Trinajstić information content (AvgIpc) is 3.50. The van der Waals surface area contributed by atoms with E-state index in [-0.39, 0.29) is 11.9 Å². The highest BCUT2D eigenvalue weighted by Gasteiger charge is 2.28. The van der Waals surface area contributed by atoms with E-state index in [1.165, 1.54) is 0 Å². The molecule has 1 aromatic carbocycles. The molecule has 0 saturated heterocycles. The minimum absolute atomic E-state index is 0.154. The van der Waals surface area contributed by atoms with E-state index in [1.807, 2.05) is 16.8 Å². The number of hydrogen-bond donors (Lipinski definition) is 1. The SMILES string of the molecule is CC(C)n1ncc2c(C(=O)NCc3cc(Cl)c4c(c3)OCCO4)cc(C3CC3)nc21. The van der Waals surface area contributed by atoms with E-state index in [4.69, 9.17) is 26.1 Å². The van der Waals surface area contributed by atoms with Crippen LogP contribution in [0.1, 0.15) is 60.3 Å². The van der Waals surface area contributed by atoms with Gasteiger partial charge in [-0.15, -0.1) is 0 Å². The minimum atomic E-state index is -0.154. The second-order valence-electron chi connectivity index (χ2n) is 8.07. The molecule has 1 aliphatic carbocycles. The van der Waals surface area contributed by atoms with Crippen LogP contribution in [0.25, 0.3) is 11.0 Å². The molecule has 156 valence electrons. The number of ether oxygens (including phenoxy) is 2. The Hall–Kier alpha value is -2.80. The number of nitrogens with zero attached hydrogens (tertiary/aromatic N) is 3. The molecule has 0 bridgehead atoms. The molecule has 3 heterocycles. The molecule has 2 aliphatic rings. The van der Waals surface area contributed by atoms with Gasteiger partial charge in [0, 0.05) is 24.2 Å². The highest BCUT2D eigenvalue weighted by molar-refractivity contribution is 6.32. The average molecular weight is 427 g/mol. The van der Waals surface area contributed by atoms with Crippen molar-refractivity contribution in [2.24, 2.45) is 0 Å². The summed E-state index contributed by atoms with van der Waals surface area (Å²) in [5.41, 5.74) is 3.19. The molecule has 0 atom stereocenters. The predicted octanol–water partition coefficient (Wildman–Crippen LogP) is 4.24. The Balaban J connectivity index is 1.43. The molecule has 8 heteroatoms. The van der Waals surface area contributed by atoms with Gasteiger partial charge < -0.3 is 14.8 Å². The van der Waals surface area contributed by atoms with Gasteiger partial charge in [-0.05, 0) is 50.5 Å². The molecule has 1 amide bonds. The molecule has 1 N–H and O–H groups in total. The van der Waals surface area contributed by atoms with Crippen molar-refractivity contribution in [2.45, 2.75) is 45.2 Å². The Bertz CT molecular complexity index is 1140. The zero-order chi connectivity index (χ0) is 20.8. The molecule has 5 rings (SSSR count). The van der Waals surface area contributed by atoms with Crippen molar-refractivity contribution in [2.75, 3.05) is 13.2 Å². The number of nitrogens with one attached hydrogen (secondary N) is 1. The van der Waals surface area contributed by atoms with Crippen LogP contribution in [0.15, 0.2) is 24.4 Å². The van der Waals surface area contributed by atoms with Gasteiger partial charge in [0.1, 0.15) is 13.2 Å². The first-order chi connectivity index (χ1) is 14.5. The molecule has 0 radical (unpaired) electrons. The van der Waals surface area contributed by atoms with Gasteiger partial charge in [0.25, 0.3) is 5.91 Å². The van der Waals surface area contributed by atoms with Gasteiger partial charge in [0.2, 0.25) is 0 Å². The Kier molecular flexibility index (Phi) is 4.77. The topological polar surface area (TPSA) is 78.3 Å². The molecule has 0 spiro atoms. The quantitative estimate of drug-likeness (QED) is 0.660. The number of aromatic nitrogens is 3. The fourth-order valence-electron chi connectivity index (χ4n) is 3.74. The van der Waals surface area contributed by atoms with Crippen LogP contribution in [0.5, 0.6) is 11.5 Å². The summed E-state index contributed by atoms with van der Waals surface area (Å²) in [6, 6.07) is 5.73. The number of amides is 1. The number of rotatable bonds is 5. The fourth-order valence-corrected chi connectivity index (χ4v) is 4.02. The van der Waals surface area contributed by atoms with E-state index in [9.17, 15) is 4.79 Å². The lowest BCUT2D eigenvalue weighted by Crippen LogP contribution is -2.24. The first-order valence-electron chi connectivity index (χ1n) is 10.3. The zero-order valence-corrected chi connectivity index (χ0v) is 17.7. The van der Waals surface area contributed by atoms with E-state index in [0.29, 0.717) is 47.8 Å². The molecule has 1 saturated carbocycles. The van der Waals surface area contributed by atoms with Crippen molar-refractivity contribution in [1.82, 2.24) is 20.1 Å². The number of benzene rings is 1. The van der Waals surface area contributed by atoms with Crippen molar-refractivity contribution in [3.8, 4) is 11.5 Å². The highest BCUT2D eigenvalue weighted by Crippen LogP contribution is 2.40. The third kappa shape index (κ3) is 3.47. The molecule has 1 aliphatic heterocycles. The van der Waals surface area contributed by atoms with E-state index in [1.54, 1.807) is 12.3 Å². The summed E-state index contributed by atoms with van der Waals surface area (Å²) in [5, 5.41) is 8.72. The predicted molar refractivity (Wildman–Crippen MR) is 114 cm³/mol. The lowest BCUT2D eigenvalue weighted by molar-refractivity contribution is 0.0952. The number of carbonyl (C=O) groups excluding carboxylic acids is 1. The summed E-state index contributed by atoms with van der Waals surface area (Å²) in [6.07, 6.45) is 3.96.